The fourth-order valence-electron chi connectivity index (χ4n) is 3.07. The van der Waals surface area contributed by atoms with Gasteiger partial charge in [-0.3, -0.25) is 14.7 Å². The molecule has 25 heavy (non-hydrogen) atoms. The minimum absolute atomic E-state index is 0.0602. The molecule has 0 N–H and O–H groups in total. The quantitative estimate of drug-likeness (QED) is 0.840. The van der Waals surface area contributed by atoms with Gasteiger partial charge < -0.3 is 9.64 Å². The minimum atomic E-state index is -0.464. The van der Waals surface area contributed by atoms with Crippen LogP contribution in [0, 0.1) is 6.92 Å². The molecule has 0 radical (unpaired) electrons. The number of rotatable bonds is 5. The molecule has 132 valence electrons. The van der Waals surface area contributed by atoms with E-state index in [9.17, 15) is 4.79 Å². The van der Waals surface area contributed by atoms with E-state index < -0.39 is 6.10 Å². The second-order valence-corrected chi connectivity index (χ2v) is 6.53. The fraction of sp³-hybridized carbons (Fsp3) is 0.400. The summed E-state index contributed by atoms with van der Waals surface area (Å²) in [6, 6.07) is 11.9. The highest BCUT2D eigenvalue weighted by Gasteiger charge is 2.26. The molecular weight excluding hydrogens is 314 g/mol. The van der Waals surface area contributed by atoms with Crippen LogP contribution in [-0.4, -0.2) is 53.0 Å². The van der Waals surface area contributed by atoms with Crippen molar-refractivity contribution in [3.05, 3.63) is 59.9 Å². The predicted molar refractivity (Wildman–Crippen MR) is 97.4 cm³/mol. The molecule has 0 bridgehead atoms. The van der Waals surface area contributed by atoms with E-state index in [0.717, 1.165) is 44.0 Å². The lowest BCUT2D eigenvalue weighted by molar-refractivity contribution is -0.139. The smallest absolute Gasteiger partial charge is 0.263 e. The molecule has 0 spiro atoms. The first-order valence-corrected chi connectivity index (χ1v) is 8.75. The van der Waals surface area contributed by atoms with Crippen LogP contribution in [0.1, 0.15) is 18.1 Å². The van der Waals surface area contributed by atoms with Gasteiger partial charge in [0.2, 0.25) is 0 Å². The summed E-state index contributed by atoms with van der Waals surface area (Å²) in [5.41, 5.74) is 2.38. The fourth-order valence-corrected chi connectivity index (χ4v) is 3.07. The molecule has 1 fully saturated rings. The van der Waals surface area contributed by atoms with Crippen LogP contribution in [-0.2, 0) is 11.3 Å². The van der Waals surface area contributed by atoms with E-state index >= 15 is 0 Å². The number of nitrogens with zero attached hydrogens (tertiary/aromatic N) is 3. The number of ether oxygens (including phenoxy) is 1. The van der Waals surface area contributed by atoms with Crippen LogP contribution < -0.4 is 4.74 Å². The number of pyridine rings is 1. The van der Waals surface area contributed by atoms with Gasteiger partial charge in [-0.1, -0.05) is 12.1 Å². The first kappa shape index (κ1) is 17.4. The van der Waals surface area contributed by atoms with Crippen molar-refractivity contribution in [3.63, 3.8) is 0 Å². The van der Waals surface area contributed by atoms with Crippen LogP contribution in [0.4, 0.5) is 0 Å². The number of piperazine rings is 1. The van der Waals surface area contributed by atoms with Gasteiger partial charge in [-0.05, 0) is 49.2 Å². The Morgan fingerprint density at radius 2 is 1.88 bits per heavy atom. The molecule has 1 amide bonds. The Labute approximate surface area is 149 Å². The minimum Gasteiger partial charge on any atom is -0.481 e. The summed E-state index contributed by atoms with van der Waals surface area (Å²) in [6.45, 7) is 7.99. The van der Waals surface area contributed by atoms with Crippen LogP contribution in [0.5, 0.6) is 5.75 Å². The number of carbonyl (C=O) groups is 1. The summed E-state index contributed by atoms with van der Waals surface area (Å²) < 4.78 is 5.82. The maximum Gasteiger partial charge on any atom is 0.263 e. The Kier molecular flexibility index (Phi) is 5.66. The monoisotopic (exact) mass is 339 g/mol. The standard InChI is InChI=1S/C20H25N3O2/c1-16-4-3-5-19(14-16)25-17(2)20(24)23-12-10-22(11-13-23)15-18-6-8-21-9-7-18/h3-9,14,17H,10-13,15H2,1-2H3. The van der Waals surface area contributed by atoms with E-state index in [0.29, 0.717) is 0 Å². The van der Waals surface area contributed by atoms with Gasteiger partial charge in [0.25, 0.3) is 5.91 Å². The van der Waals surface area contributed by atoms with Crippen molar-refractivity contribution in [2.45, 2.75) is 26.5 Å². The SMILES string of the molecule is Cc1cccc(OC(C)C(=O)N2CCN(Cc3ccncc3)CC2)c1. The molecular formula is C20H25N3O2. The number of aryl methyl sites for hydroxylation is 1. The number of hydrogen-bond donors (Lipinski definition) is 0. The molecule has 1 atom stereocenters. The van der Waals surface area contributed by atoms with E-state index in [1.807, 2.05) is 67.5 Å². The lowest BCUT2D eigenvalue weighted by Crippen LogP contribution is -2.51. The topological polar surface area (TPSA) is 45.7 Å². The van der Waals surface area contributed by atoms with Crippen molar-refractivity contribution in [2.24, 2.45) is 0 Å². The zero-order chi connectivity index (χ0) is 17.6. The van der Waals surface area contributed by atoms with Crippen molar-refractivity contribution in [1.29, 1.82) is 0 Å². The zero-order valence-corrected chi connectivity index (χ0v) is 14.9. The van der Waals surface area contributed by atoms with Crippen LogP contribution in [0.15, 0.2) is 48.8 Å². The largest absolute Gasteiger partial charge is 0.481 e. The third-order valence-corrected chi connectivity index (χ3v) is 4.49. The molecule has 0 saturated carbocycles. The first-order chi connectivity index (χ1) is 12.1. The van der Waals surface area contributed by atoms with Gasteiger partial charge in [0.1, 0.15) is 5.75 Å². The second-order valence-electron chi connectivity index (χ2n) is 6.53. The van der Waals surface area contributed by atoms with E-state index in [1.165, 1.54) is 5.56 Å². The number of amides is 1. The molecule has 1 aromatic carbocycles. The average molecular weight is 339 g/mol. The van der Waals surface area contributed by atoms with Crippen LogP contribution in [0.3, 0.4) is 0 Å². The number of carbonyl (C=O) groups excluding carboxylic acids is 1. The van der Waals surface area contributed by atoms with Crippen LogP contribution >= 0.6 is 0 Å². The molecule has 1 aromatic heterocycles. The molecule has 2 heterocycles. The number of benzene rings is 1. The number of hydrogen-bond acceptors (Lipinski definition) is 4. The average Bonchev–Trinajstić information content (AvgIpc) is 2.62. The van der Waals surface area contributed by atoms with E-state index in [-0.39, 0.29) is 5.91 Å². The summed E-state index contributed by atoms with van der Waals surface area (Å²) in [4.78, 5) is 20.9. The van der Waals surface area contributed by atoms with Crippen LogP contribution in [0.25, 0.3) is 0 Å². The lowest BCUT2D eigenvalue weighted by atomic mass is 10.2. The Hall–Kier alpha value is -2.40. The zero-order valence-electron chi connectivity index (χ0n) is 14.9. The van der Waals surface area contributed by atoms with Gasteiger partial charge >= 0.3 is 0 Å². The first-order valence-electron chi connectivity index (χ1n) is 8.75. The third-order valence-electron chi connectivity index (χ3n) is 4.49. The van der Waals surface area contributed by atoms with Crippen LogP contribution in [0.2, 0.25) is 0 Å². The van der Waals surface area contributed by atoms with Crippen molar-refractivity contribution >= 4 is 5.91 Å². The highest BCUT2D eigenvalue weighted by Crippen LogP contribution is 2.16. The maximum atomic E-state index is 12.6. The summed E-state index contributed by atoms with van der Waals surface area (Å²) in [5, 5.41) is 0. The van der Waals surface area contributed by atoms with Gasteiger partial charge in [0.15, 0.2) is 6.10 Å². The maximum absolute atomic E-state index is 12.6. The van der Waals surface area contributed by atoms with E-state index in [2.05, 4.69) is 9.88 Å². The molecule has 5 heteroatoms. The van der Waals surface area contributed by atoms with Gasteiger partial charge in [-0.25, -0.2) is 0 Å². The second kappa shape index (κ2) is 8.12. The highest BCUT2D eigenvalue weighted by molar-refractivity contribution is 5.81. The van der Waals surface area contributed by atoms with E-state index in [1.54, 1.807) is 0 Å². The molecule has 0 aliphatic carbocycles. The molecule has 2 aromatic rings. The summed E-state index contributed by atoms with van der Waals surface area (Å²) in [5.74, 6) is 0.808. The molecule has 1 aliphatic heterocycles. The highest BCUT2D eigenvalue weighted by atomic mass is 16.5. The van der Waals surface area contributed by atoms with Crippen molar-refractivity contribution in [3.8, 4) is 5.75 Å². The third kappa shape index (κ3) is 4.79. The summed E-state index contributed by atoms with van der Waals surface area (Å²) in [6.07, 6.45) is 3.17. The molecule has 1 saturated heterocycles. The summed E-state index contributed by atoms with van der Waals surface area (Å²) >= 11 is 0. The Morgan fingerprint density at radius 1 is 1.16 bits per heavy atom. The summed E-state index contributed by atoms with van der Waals surface area (Å²) in [7, 11) is 0. The molecule has 3 rings (SSSR count). The van der Waals surface area contributed by atoms with Crippen molar-refractivity contribution < 1.29 is 9.53 Å². The van der Waals surface area contributed by atoms with Gasteiger partial charge in [0.05, 0.1) is 0 Å². The Bertz CT molecular complexity index is 697. The van der Waals surface area contributed by atoms with Gasteiger partial charge in [-0.15, -0.1) is 0 Å². The molecule has 1 aliphatic rings. The normalized spacial score (nSPS) is 16.5. The Morgan fingerprint density at radius 3 is 2.56 bits per heavy atom. The Balaban J connectivity index is 1.49. The van der Waals surface area contributed by atoms with E-state index in [4.69, 9.17) is 4.74 Å². The predicted octanol–water partition coefficient (Wildman–Crippen LogP) is 2.50. The van der Waals surface area contributed by atoms with Gasteiger partial charge in [-0.2, -0.15) is 0 Å². The van der Waals surface area contributed by atoms with Crippen molar-refractivity contribution in [1.82, 2.24) is 14.8 Å². The molecule has 1 unspecified atom stereocenters. The number of aromatic nitrogens is 1. The van der Waals surface area contributed by atoms with Gasteiger partial charge in [0, 0.05) is 45.1 Å². The lowest BCUT2D eigenvalue weighted by Gasteiger charge is -2.35. The van der Waals surface area contributed by atoms with Crippen molar-refractivity contribution in [2.75, 3.05) is 26.2 Å². The molecule has 5 nitrogen and oxygen atoms in total.